The molecule has 1 aromatic heterocycles. The summed E-state index contributed by atoms with van der Waals surface area (Å²) in [6, 6.07) is 16.8. The fourth-order valence-corrected chi connectivity index (χ4v) is 3.59. The summed E-state index contributed by atoms with van der Waals surface area (Å²) in [7, 11) is 0. The van der Waals surface area contributed by atoms with Gasteiger partial charge in [0.15, 0.2) is 0 Å². The van der Waals surface area contributed by atoms with Crippen molar-refractivity contribution in [2.75, 3.05) is 18.0 Å². The molecule has 4 heteroatoms. The number of anilines is 1. The molecule has 3 aromatic rings. The van der Waals surface area contributed by atoms with Crippen molar-refractivity contribution in [3.63, 3.8) is 0 Å². The van der Waals surface area contributed by atoms with Crippen molar-refractivity contribution in [1.82, 2.24) is 9.97 Å². The highest BCUT2D eigenvalue weighted by Crippen LogP contribution is 2.26. The number of hydrogen-bond acceptors (Lipinski definition) is 4. The van der Waals surface area contributed by atoms with E-state index in [4.69, 9.17) is 4.98 Å². The second-order valence-corrected chi connectivity index (χ2v) is 6.87. The molecule has 2 heterocycles. The van der Waals surface area contributed by atoms with Gasteiger partial charge in [-0.1, -0.05) is 36.4 Å². The van der Waals surface area contributed by atoms with Crippen LogP contribution in [0.2, 0.25) is 0 Å². The molecule has 128 valence electrons. The van der Waals surface area contributed by atoms with Gasteiger partial charge in [0.2, 0.25) is 5.95 Å². The van der Waals surface area contributed by atoms with E-state index in [-0.39, 0.29) is 6.10 Å². The Morgan fingerprint density at radius 2 is 1.80 bits per heavy atom. The number of nitrogens with zero attached hydrogens (tertiary/aromatic N) is 3. The van der Waals surface area contributed by atoms with Crippen LogP contribution in [0, 0.1) is 5.92 Å². The molecule has 0 bridgehead atoms. The summed E-state index contributed by atoms with van der Waals surface area (Å²) in [6.45, 7) is 3.69. The zero-order valence-electron chi connectivity index (χ0n) is 14.5. The molecule has 1 saturated heterocycles. The molecule has 0 radical (unpaired) electrons. The number of piperidine rings is 1. The Morgan fingerprint density at radius 3 is 2.56 bits per heavy atom. The van der Waals surface area contributed by atoms with Crippen LogP contribution < -0.4 is 4.90 Å². The summed E-state index contributed by atoms with van der Waals surface area (Å²) in [5, 5.41) is 12.2. The van der Waals surface area contributed by atoms with E-state index in [2.05, 4.69) is 52.3 Å². The minimum Gasteiger partial charge on any atom is -0.393 e. The molecule has 0 amide bonds. The second-order valence-electron chi connectivity index (χ2n) is 6.87. The quantitative estimate of drug-likeness (QED) is 0.790. The van der Waals surface area contributed by atoms with Crippen molar-refractivity contribution in [3.8, 4) is 11.3 Å². The first kappa shape index (κ1) is 16.0. The maximum atomic E-state index is 9.76. The van der Waals surface area contributed by atoms with E-state index >= 15 is 0 Å². The van der Waals surface area contributed by atoms with E-state index in [0.717, 1.165) is 43.1 Å². The van der Waals surface area contributed by atoms with Gasteiger partial charge in [-0.2, -0.15) is 0 Å². The summed E-state index contributed by atoms with van der Waals surface area (Å²) in [5.41, 5.74) is 2.06. The predicted octanol–water partition coefficient (Wildman–Crippen LogP) is 3.89. The predicted molar refractivity (Wildman–Crippen MR) is 102 cm³/mol. The third-order valence-corrected chi connectivity index (χ3v) is 5.19. The van der Waals surface area contributed by atoms with Crippen LogP contribution >= 0.6 is 0 Å². The number of aliphatic hydroxyl groups is 1. The van der Waals surface area contributed by atoms with Crippen molar-refractivity contribution in [1.29, 1.82) is 0 Å². The zero-order chi connectivity index (χ0) is 17.2. The van der Waals surface area contributed by atoms with E-state index in [1.807, 2.05) is 19.2 Å². The van der Waals surface area contributed by atoms with Gasteiger partial charge >= 0.3 is 0 Å². The lowest BCUT2D eigenvalue weighted by molar-refractivity contribution is 0.109. The standard InChI is InChI=1S/C21H23N3O/c1-15(25)16-9-12-24(13-10-16)21-22-11-8-20(23-21)19-7-6-17-4-2-3-5-18(17)14-19/h2-8,11,14-16,25H,9-10,12-13H2,1H3/t15-/m1/s1. The van der Waals surface area contributed by atoms with Gasteiger partial charge in [0.1, 0.15) is 0 Å². The normalized spacial score (nSPS) is 17.0. The lowest BCUT2D eigenvalue weighted by Gasteiger charge is -2.33. The van der Waals surface area contributed by atoms with Gasteiger partial charge < -0.3 is 10.0 Å². The SMILES string of the molecule is C[C@@H](O)C1CCN(c2nccc(-c3ccc4ccccc4c3)n2)CC1. The maximum Gasteiger partial charge on any atom is 0.225 e. The van der Waals surface area contributed by atoms with Crippen LogP contribution in [0.1, 0.15) is 19.8 Å². The van der Waals surface area contributed by atoms with Gasteiger partial charge in [-0.25, -0.2) is 9.97 Å². The largest absolute Gasteiger partial charge is 0.393 e. The first-order valence-electron chi connectivity index (χ1n) is 8.96. The van der Waals surface area contributed by atoms with E-state index in [1.165, 1.54) is 10.8 Å². The average Bonchev–Trinajstić information content (AvgIpc) is 2.68. The average molecular weight is 333 g/mol. The molecule has 4 rings (SSSR count). The number of fused-ring (bicyclic) bond motifs is 1. The smallest absolute Gasteiger partial charge is 0.225 e. The first-order valence-corrected chi connectivity index (χ1v) is 8.96. The minimum atomic E-state index is -0.230. The Kier molecular flexibility index (Phi) is 4.36. The van der Waals surface area contributed by atoms with Gasteiger partial charge in [0.25, 0.3) is 0 Å². The number of aliphatic hydroxyl groups excluding tert-OH is 1. The topological polar surface area (TPSA) is 49.2 Å². The Morgan fingerprint density at radius 1 is 1.04 bits per heavy atom. The van der Waals surface area contributed by atoms with Gasteiger partial charge in [-0.3, -0.25) is 0 Å². The lowest BCUT2D eigenvalue weighted by atomic mass is 9.92. The Balaban J connectivity index is 1.59. The van der Waals surface area contributed by atoms with Gasteiger partial charge in [-0.05, 0) is 48.6 Å². The van der Waals surface area contributed by atoms with E-state index in [1.54, 1.807) is 0 Å². The highest BCUT2D eigenvalue weighted by Gasteiger charge is 2.24. The molecule has 0 unspecified atom stereocenters. The molecule has 4 nitrogen and oxygen atoms in total. The highest BCUT2D eigenvalue weighted by atomic mass is 16.3. The molecular weight excluding hydrogens is 310 g/mol. The minimum absolute atomic E-state index is 0.230. The van der Waals surface area contributed by atoms with Crippen molar-refractivity contribution >= 4 is 16.7 Å². The lowest BCUT2D eigenvalue weighted by Crippen LogP contribution is -2.37. The maximum absolute atomic E-state index is 9.76. The molecule has 1 aliphatic heterocycles. The monoisotopic (exact) mass is 333 g/mol. The van der Waals surface area contributed by atoms with Gasteiger partial charge in [0.05, 0.1) is 11.8 Å². The molecular formula is C21H23N3O. The number of hydrogen-bond donors (Lipinski definition) is 1. The molecule has 0 saturated carbocycles. The van der Waals surface area contributed by atoms with E-state index in [0.29, 0.717) is 5.92 Å². The van der Waals surface area contributed by atoms with E-state index < -0.39 is 0 Å². The van der Waals surface area contributed by atoms with Crippen molar-refractivity contribution in [2.45, 2.75) is 25.9 Å². The highest BCUT2D eigenvalue weighted by molar-refractivity contribution is 5.86. The Labute approximate surface area is 148 Å². The van der Waals surface area contributed by atoms with Crippen molar-refractivity contribution in [2.24, 2.45) is 5.92 Å². The fourth-order valence-electron chi connectivity index (χ4n) is 3.59. The molecule has 1 atom stereocenters. The van der Waals surface area contributed by atoms with Gasteiger partial charge in [-0.15, -0.1) is 0 Å². The van der Waals surface area contributed by atoms with Crippen LogP contribution in [0.3, 0.4) is 0 Å². The first-order chi connectivity index (χ1) is 12.2. The van der Waals surface area contributed by atoms with Crippen LogP contribution in [-0.2, 0) is 0 Å². The fraction of sp³-hybridized carbons (Fsp3) is 0.333. The van der Waals surface area contributed by atoms with Crippen LogP contribution in [0.25, 0.3) is 22.0 Å². The van der Waals surface area contributed by atoms with Crippen LogP contribution in [0.15, 0.2) is 54.7 Å². The summed E-state index contributed by atoms with van der Waals surface area (Å²) < 4.78 is 0. The molecule has 1 aliphatic rings. The molecule has 2 aromatic carbocycles. The number of rotatable bonds is 3. The Bertz CT molecular complexity index is 870. The Hall–Kier alpha value is -2.46. The summed E-state index contributed by atoms with van der Waals surface area (Å²) in [5.74, 6) is 1.18. The van der Waals surface area contributed by atoms with Crippen LogP contribution in [-0.4, -0.2) is 34.3 Å². The van der Waals surface area contributed by atoms with Crippen LogP contribution in [0.4, 0.5) is 5.95 Å². The van der Waals surface area contributed by atoms with Crippen LogP contribution in [0.5, 0.6) is 0 Å². The summed E-state index contributed by atoms with van der Waals surface area (Å²) in [4.78, 5) is 11.5. The van der Waals surface area contributed by atoms with E-state index in [9.17, 15) is 5.11 Å². The number of benzene rings is 2. The second kappa shape index (κ2) is 6.81. The zero-order valence-corrected chi connectivity index (χ0v) is 14.5. The third kappa shape index (κ3) is 3.35. The molecule has 25 heavy (non-hydrogen) atoms. The van der Waals surface area contributed by atoms with Crippen molar-refractivity contribution in [3.05, 3.63) is 54.7 Å². The molecule has 0 aliphatic carbocycles. The molecule has 1 N–H and O–H groups in total. The summed E-state index contributed by atoms with van der Waals surface area (Å²) >= 11 is 0. The molecule has 0 spiro atoms. The van der Waals surface area contributed by atoms with Gasteiger partial charge in [0, 0.05) is 24.8 Å². The molecule has 1 fully saturated rings. The summed E-state index contributed by atoms with van der Waals surface area (Å²) in [6.07, 6.45) is 3.59. The third-order valence-electron chi connectivity index (χ3n) is 5.19. The number of aromatic nitrogens is 2. The van der Waals surface area contributed by atoms with Crippen molar-refractivity contribution < 1.29 is 5.11 Å².